The second kappa shape index (κ2) is 7.35. The number of benzene rings is 1. The molecule has 1 heterocycles. The summed E-state index contributed by atoms with van der Waals surface area (Å²) in [4.78, 5) is 40.7. The van der Waals surface area contributed by atoms with Crippen LogP contribution in [0.5, 0.6) is 0 Å². The van der Waals surface area contributed by atoms with Crippen LogP contribution in [-0.2, 0) is 20.9 Å². The molecule has 6 heteroatoms. The van der Waals surface area contributed by atoms with Crippen LogP contribution in [0.2, 0.25) is 0 Å². The third kappa shape index (κ3) is 3.26. The van der Waals surface area contributed by atoms with Crippen molar-refractivity contribution in [2.45, 2.75) is 58.5 Å². The molecule has 3 amide bonds. The van der Waals surface area contributed by atoms with Gasteiger partial charge in [0.25, 0.3) is 0 Å². The molecule has 4 aliphatic carbocycles. The SMILES string of the molecule is Cc1ccccc1CN1CCC(C)(C(=O)NC2C3CC4CC(C3)C(C(N)=O)C2C4)C1=O. The van der Waals surface area contributed by atoms with Gasteiger partial charge in [0.05, 0.1) is 0 Å². The summed E-state index contributed by atoms with van der Waals surface area (Å²) in [6.07, 6.45) is 4.68. The first-order valence-electron chi connectivity index (χ1n) is 11.7. The number of primary amides is 1. The summed E-state index contributed by atoms with van der Waals surface area (Å²) in [5.74, 6) is 0.940. The lowest BCUT2D eigenvalue weighted by Crippen LogP contribution is -2.63. The maximum Gasteiger partial charge on any atom is 0.238 e. The molecular formula is C25H33N3O3. The highest BCUT2D eigenvalue weighted by molar-refractivity contribution is 6.06. The minimum atomic E-state index is -1.04. The summed E-state index contributed by atoms with van der Waals surface area (Å²) in [6.45, 7) is 4.95. The summed E-state index contributed by atoms with van der Waals surface area (Å²) in [5.41, 5.74) is 7.00. The molecule has 0 aromatic heterocycles. The van der Waals surface area contributed by atoms with Gasteiger partial charge in [-0.1, -0.05) is 24.3 Å². The molecule has 5 fully saturated rings. The van der Waals surface area contributed by atoms with E-state index in [0.29, 0.717) is 37.3 Å². The van der Waals surface area contributed by atoms with E-state index in [2.05, 4.69) is 5.32 Å². The van der Waals surface area contributed by atoms with E-state index in [4.69, 9.17) is 5.73 Å². The van der Waals surface area contributed by atoms with Crippen LogP contribution in [0.4, 0.5) is 0 Å². The Balaban J connectivity index is 1.31. The fourth-order valence-electron chi connectivity index (χ4n) is 7.16. The summed E-state index contributed by atoms with van der Waals surface area (Å²) < 4.78 is 0. The van der Waals surface area contributed by atoms with E-state index in [1.165, 1.54) is 0 Å². The van der Waals surface area contributed by atoms with Gasteiger partial charge in [-0.05, 0) is 80.8 Å². The molecule has 31 heavy (non-hydrogen) atoms. The summed E-state index contributed by atoms with van der Waals surface area (Å²) >= 11 is 0. The molecule has 7 unspecified atom stereocenters. The molecule has 1 aliphatic heterocycles. The van der Waals surface area contributed by atoms with Crippen LogP contribution in [0.1, 0.15) is 50.2 Å². The Morgan fingerprint density at radius 1 is 1.16 bits per heavy atom. The van der Waals surface area contributed by atoms with Crippen molar-refractivity contribution in [2.75, 3.05) is 6.54 Å². The van der Waals surface area contributed by atoms with E-state index < -0.39 is 5.41 Å². The third-order valence-corrected chi connectivity index (χ3v) is 8.81. The van der Waals surface area contributed by atoms with E-state index in [0.717, 1.165) is 36.8 Å². The second-order valence-electron chi connectivity index (χ2n) is 10.7. The first-order chi connectivity index (χ1) is 14.8. The van der Waals surface area contributed by atoms with Crippen molar-refractivity contribution in [2.24, 2.45) is 40.7 Å². The molecule has 5 aliphatic rings. The van der Waals surface area contributed by atoms with Crippen molar-refractivity contribution in [3.05, 3.63) is 35.4 Å². The summed E-state index contributed by atoms with van der Waals surface area (Å²) in [7, 11) is 0. The van der Waals surface area contributed by atoms with Crippen molar-refractivity contribution in [3.63, 3.8) is 0 Å². The third-order valence-electron chi connectivity index (χ3n) is 8.81. The monoisotopic (exact) mass is 423 g/mol. The van der Waals surface area contributed by atoms with Gasteiger partial charge in [0, 0.05) is 25.0 Å². The van der Waals surface area contributed by atoms with Crippen LogP contribution in [0, 0.1) is 41.9 Å². The fraction of sp³-hybridized carbons (Fsp3) is 0.640. The molecule has 1 aromatic rings. The first kappa shape index (κ1) is 20.5. The number of amides is 3. The minimum absolute atomic E-state index is 0.0344. The average Bonchev–Trinajstić information content (AvgIpc) is 3.01. The van der Waals surface area contributed by atoms with Crippen molar-refractivity contribution in [1.29, 1.82) is 0 Å². The van der Waals surface area contributed by atoms with E-state index in [1.54, 1.807) is 6.92 Å². The lowest BCUT2D eigenvalue weighted by Gasteiger charge is -2.57. The number of nitrogens with two attached hydrogens (primary N) is 1. The van der Waals surface area contributed by atoms with Gasteiger partial charge in [0.1, 0.15) is 5.41 Å². The van der Waals surface area contributed by atoms with Crippen LogP contribution in [0.3, 0.4) is 0 Å². The number of rotatable bonds is 5. The topological polar surface area (TPSA) is 92.5 Å². The van der Waals surface area contributed by atoms with Crippen molar-refractivity contribution >= 4 is 17.7 Å². The molecule has 0 radical (unpaired) electrons. The molecule has 166 valence electrons. The van der Waals surface area contributed by atoms with Gasteiger partial charge in [-0.15, -0.1) is 0 Å². The van der Waals surface area contributed by atoms with Gasteiger partial charge in [0.15, 0.2) is 0 Å². The van der Waals surface area contributed by atoms with Crippen LogP contribution in [0.15, 0.2) is 24.3 Å². The Hall–Kier alpha value is -2.37. The Bertz CT molecular complexity index is 930. The molecule has 6 nitrogen and oxygen atoms in total. The summed E-state index contributed by atoms with van der Waals surface area (Å²) in [6, 6.07) is 8.02. The highest BCUT2D eigenvalue weighted by atomic mass is 16.2. The zero-order valence-electron chi connectivity index (χ0n) is 18.5. The molecule has 4 saturated carbocycles. The van der Waals surface area contributed by atoms with E-state index in [1.807, 2.05) is 36.1 Å². The number of aryl methyl sites for hydroxylation is 1. The number of nitrogens with zero attached hydrogens (tertiary/aromatic N) is 1. The predicted molar refractivity (Wildman–Crippen MR) is 116 cm³/mol. The molecule has 0 spiro atoms. The van der Waals surface area contributed by atoms with Crippen molar-refractivity contribution in [1.82, 2.24) is 10.2 Å². The lowest BCUT2D eigenvalue weighted by atomic mass is 9.49. The predicted octanol–water partition coefficient (Wildman–Crippen LogP) is 2.39. The van der Waals surface area contributed by atoms with Crippen LogP contribution in [0.25, 0.3) is 0 Å². The molecule has 3 N–H and O–H groups in total. The zero-order chi connectivity index (χ0) is 21.9. The molecule has 7 atom stereocenters. The Kier molecular flexibility index (Phi) is 4.87. The van der Waals surface area contributed by atoms with Gasteiger partial charge >= 0.3 is 0 Å². The first-order valence-corrected chi connectivity index (χ1v) is 11.7. The van der Waals surface area contributed by atoms with Crippen molar-refractivity contribution in [3.8, 4) is 0 Å². The lowest BCUT2D eigenvalue weighted by molar-refractivity contribution is -0.150. The van der Waals surface area contributed by atoms with E-state index >= 15 is 0 Å². The number of likely N-dealkylation sites (tertiary alicyclic amines) is 1. The smallest absolute Gasteiger partial charge is 0.238 e. The van der Waals surface area contributed by atoms with E-state index in [-0.39, 0.29) is 35.6 Å². The van der Waals surface area contributed by atoms with Crippen molar-refractivity contribution < 1.29 is 14.4 Å². The number of carbonyl (C=O) groups excluding carboxylic acids is 3. The molecule has 1 aromatic carbocycles. The van der Waals surface area contributed by atoms with Gasteiger partial charge in [-0.2, -0.15) is 0 Å². The molecule has 6 rings (SSSR count). The largest absolute Gasteiger partial charge is 0.369 e. The number of hydrogen-bond acceptors (Lipinski definition) is 3. The minimum Gasteiger partial charge on any atom is -0.369 e. The number of hydrogen-bond donors (Lipinski definition) is 2. The van der Waals surface area contributed by atoms with Gasteiger partial charge in [0.2, 0.25) is 17.7 Å². The van der Waals surface area contributed by atoms with Crippen LogP contribution in [-0.4, -0.2) is 35.2 Å². The van der Waals surface area contributed by atoms with Crippen LogP contribution < -0.4 is 11.1 Å². The standard InChI is InChI=1S/C25H33N3O3/c1-14-5-3-4-6-16(14)13-28-8-7-25(2,24(28)31)23(30)27-21-18-10-15-9-17(12-18)20(22(26)29)19(21)11-15/h3-6,15,17-21H,7-13H2,1-2H3,(H2,26,29)(H,27,30). The normalized spacial score (nSPS) is 38.5. The highest BCUT2D eigenvalue weighted by Crippen LogP contribution is 2.56. The zero-order valence-corrected chi connectivity index (χ0v) is 18.5. The molecule has 4 bridgehead atoms. The maximum absolute atomic E-state index is 13.4. The fourth-order valence-corrected chi connectivity index (χ4v) is 7.16. The summed E-state index contributed by atoms with van der Waals surface area (Å²) in [5, 5.41) is 3.26. The number of nitrogens with one attached hydrogen (secondary N) is 1. The second-order valence-corrected chi connectivity index (χ2v) is 10.7. The Morgan fingerprint density at radius 2 is 1.90 bits per heavy atom. The van der Waals surface area contributed by atoms with Crippen LogP contribution >= 0.6 is 0 Å². The maximum atomic E-state index is 13.4. The van der Waals surface area contributed by atoms with Gasteiger partial charge < -0.3 is 16.0 Å². The Labute approximate surface area is 183 Å². The highest BCUT2D eigenvalue weighted by Gasteiger charge is 2.57. The quantitative estimate of drug-likeness (QED) is 0.712. The number of carbonyl (C=O) groups is 3. The molecule has 1 saturated heterocycles. The molecular weight excluding hydrogens is 390 g/mol. The average molecular weight is 424 g/mol. The van der Waals surface area contributed by atoms with Gasteiger partial charge in [-0.3, -0.25) is 14.4 Å². The van der Waals surface area contributed by atoms with Gasteiger partial charge in [-0.25, -0.2) is 0 Å². The Morgan fingerprint density at radius 3 is 2.65 bits per heavy atom. The van der Waals surface area contributed by atoms with E-state index in [9.17, 15) is 14.4 Å².